The van der Waals surface area contributed by atoms with Crippen LogP contribution in [-0.4, -0.2) is 67.3 Å². The first-order valence-electron chi connectivity index (χ1n) is 9.33. The molecule has 144 valence electrons. The Morgan fingerprint density at radius 3 is 2.58 bits per heavy atom. The second-order valence-electron chi connectivity index (χ2n) is 8.23. The van der Waals surface area contributed by atoms with Crippen molar-refractivity contribution in [3.8, 4) is 0 Å². The third kappa shape index (κ3) is 3.91. The van der Waals surface area contributed by atoms with E-state index in [2.05, 4.69) is 51.4 Å². The number of anilines is 2. The number of nitrogens with zero attached hydrogens (tertiary/aromatic N) is 5. The smallest absolute Gasteiger partial charge is 0.227 e. The first-order valence-corrected chi connectivity index (χ1v) is 9.33. The maximum atomic E-state index is 10.2. The lowest BCUT2D eigenvalue weighted by molar-refractivity contribution is 0.0646. The molecule has 2 atom stereocenters. The molecular weight excluding hydrogens is 330 g/mol. The van der Waals surface area contributed by atoms with Gasteiger partial charge in [-0.05, 0) is 54.6 Å². The largest absolute Gasteiger partial charge is 0.388 e. The number of aliphatic hydroxyl groups is 1. The van der Waals surface area contributed by atoms with Gasteiger partial charge in [-0.3, -0.25) is 0 Å². The predicted molar refractivity (Wildman–Crippen MR) is 105 cm³/mol. The number of fused-ring (bicyclic) bond motifs is 1. The third-order valence-electron chi connectivity index (χ3n) is 5.12. The summed E-state index contributed by atoms with van der Waals surface area (Å²) in [6, 6.07) is 0.405. The van der Waals surface area contributed by atoms with Crippen LogP contribution in [0.4, 0.5) is 11.8 Å². The molecule has 0 amide bonds. The van der Waals surface area contributed by atoms with Gasteiger partial charge in [0.1, 0.15) is 0 Å². The van der Waals surface area contributed by atoms with E-state index >= 15 is 0 Å². The first-order chi connectivity index (χ1) is 12.1. The molecule has 0 bridgehead atoms. The third-order valence-corrected chi connectivity index (χ3v) is 5.12. The van der Waals surface area contributed by atoms with Crippen molar-refractivity contribution in [3.63, 3.8) is 0 Å². The van der Waals surface area contributed by atoms with Crippen LogP contribution in [0.5, 0.6) is 0 Å². The Hall–Kier alpha value is -1.93. The molecule has 0 spiro atoms. The molecule has 2 aromatic heterocycles. The summed E-state index contributed by atoms with van der Waals surface area (Å²) in [7, 11) is 2.13. The minimum Gasteiger partial charge on any atom is -0.388 e. The normalized spacial score (nSPS) is 20.1. The molecule has 0 radical (unpaired) electrons. The van der Waals surface area contributed by atoms with Gasteiger partial charge in [0.2, 0.25) is 5.95 Å². The molecule has 2 aromatic rings. The molecule has 2 unspecified atom stereocenters. The quantitative estimate of drug-likeness (QED) is 0.726. The van der Waals surface area contributed by atoms with Crippen LogP contribution in [0.3, 0.4) is 0 Å². The maximum absolute atomic E-state index is 10.2. The summed E-state index contributed by atoms with van der Waals surface area (Å²) >= 11 is 0. The summed E-state index contributed by atoms with van der Waals surface area (Å²) in [4.78, 5) is 16.2. The molecule has 0 aliphatic carbocycles. The number of nitrogens with one attached hydrogen (secondary N) is 2. The second kappa shape index (κ2) is 7.00. The highest BCUT2D eigenvalue weighted by Crippen LogP contribution is 2.26. The molecule has 26 heavy (non-hydrogen) atoms. The van der Waals surface area contributed by atoms with Gasteiger partial charge in [-0.1, -0.05) is 0 Å². The van der Waals surface area contributed by atoms with Crippen LogP contribution in [0.25, 0.3) is 11.2 Å². The number of likely N-dealkylation sites (tertiary alicyclic amines) is 1. The van der Waals surface area contributed by atoms with Gasteiger partial charge in [0.15, 0.2) is 17.0 Å². The molecular formula is C18H31N7O. The number of imidazole rings is 1. The lowest BCUT2D eigenvalue weighted by Crippen LogP contribution is -2.40. The van der Waals surface area contributed by atoms with Gasteiger partial charge in [-0.15, -0.1) is 0 Å². The van der Waals surface area contributed by atoms with Crippen molar-refractivity contribution in [2.75, 3.05) is 30.8 Å². The SMILES string of the molecule is CC(C)n1cnc2c(NC3CCN(C)C3)nc(NC(C)C(C)(C)O)nc21. The summed E-state index contributed by atoms with van der Waals surface area (Å²) in [6.07, 6.45) is 2.90. The van der Waals surface area contributed by atoms with E-state index in [1.54, 1.807) is 13.8 Å². The van der Waals surface area contributed by atoms with E-state index in [9.17, 15) is 5.11 Å². The van der Waals surface area contributed by atoms with Crippen LogP contribution in [-0.2, 0) is 0 Å². The predicted octanol–water partition coefficient (Wildman–Crippen LogP) is 2.09. The molecule has 3 N–H and O–H groups in total. The van der Waals surface area contributed by atoms with Gasteiger partial charge in [0.05, 0.1) is 18.0 Å². The number of aromatic nitrogens is 4. The fourth-order valence-corrected chi connectivity index (χ4v) is 3.08. The maximum Gasteiger partial charge on any atom is 0.227 e. The number of likely N-dealkylation sites (N-methyl/N-ethyl adjacent to an activating group) is 1. The lowest BCUT2D eigenvalue weighted by Gasteiger charge is -2.27. The van der Waals surface area contributed by atoms with E-state index in [1.807, 2.05) is 17.8 Å². The molecule has 8 nitrogen and oxygen atoms in total. The Balaban J connectivity index is 1.98. The minimum atomic E-state index is -0.877. The van der Waals surface area contributed by atoms with E-state index in [1.165, 1.54) is 0 Å². The van der Waals surface area contributed by atoms with Gasteiger partial charge < -0.3 is 25.2 Å². The van der Waals surface area contributed by atoms with Crippen LogP contribution >= 0.6 is 0 Å². The molecule has 3 rings (SSSR count). The molecule has 1 aliphatic heterocycles. The van der Waals surface area contributed by atoms with Gasteiger partial charge in [-0.25, -0.2) is 4.98 Å². The van der Waals surface area contributed by atoms with Gasteiger partial charge in [-0.2, -0.15) is 9.97 Å². The summed E-state index contributed by atoms with van der Waals surface area (Å²) in [5.41, 5.74) is 0.710. The van der Waals surface area contributed by atoms with Gasteiger partial charge in [0, 0.05) is 18.6 Å². The Kier molecular flexibility index (Phi) is 5.07. The van der Waals surface area contributed by atoms with Crippen LogP contribution in [0.1, 0.15) is 47.1 Å². The zero-order valence-electron chi connectivity index (χ0n) is 16.6. The Morgan fingerprint density at radius 2 is 2.00 bits per heavy atom. The Morgan fingerprint density at radius 1 is 1.27 bits per heavy atom. The fourth-order valence-electron chi connectivity index (χ4n) is 3.08. The average Bonchev–Trinajstić information content (AvgIpc) is 3.12. The van der Waals surface area contributed by atoms with E-state index in [0.717, 1.165) is 36.5 Å². The summed E-state index contributed by atoms with van der Waals surface area (Å²) in [5.74, 6) is 1.25. The zero-order chi connectivity index (χ0) is 19.1. The second-order valence-corrected chi connectivity index (χ2v) is 8.23. The van der Waals surface area contributed by atoms with Crippen LogP contribution in [0.2, 0.25) is 0 Å². The highest BCUT2D eigenvalue weighted by atomic mass is 16.3. The Labute approximate surface area is 155 Å². The van der Waals surface area contributed by atoms with Crippen molar-refractivity contribution in [2.24, 2.45) is 0 Å². The number of hydrogen-bond donors (Lipinski definition) is 3. The lowest BCUT2D eigenvalue weighted by atomic mass is 10.0. The van der Waals surface area contributed by atoms with Crippen LogP contribution in [0.15, 0.2) is 6.33 Å². The van der Waals surface area contributed by atoms with Crippen molar-refractivity contribution in [1.82, 2.24) is 24.4 Å². The Bertz CT molecular complexity index is 765. The first kappa shape index (κ1) is 18.8. The average molecular weight is 361 g/mol. The standard InChI is InChI=1S/C18H31N7O/c1-11(2)25-10-19-14-15(21-13-7-8-24(6)9-13)22-17(23-16(14)25)20-12(3)18(4,5)26/h10-13,26H,7-9H2,1-6H3,(H2,20,21,22,23). The van der Waals surface area contributed by atoms with E-state index in [0.29, 0.717) is 12.0 Å². The summed E-state index contributed by atoms with van der Waals surface area (Å²) in [6.45, 7) is 11.7. The molecule has 1 aliphatic rings. The number of rotatable bonds is 6. The monoisotopic (exact) mass is 361 g/mol. The van der Waals surface area contributed by atoms with Gasteiger partial charge >= 0.3 is 0 Å². The summed E-state index contributed by atoms with van der Waals surface area (Å²) in [5, 5.41) is 17.0. The molecule has 0 aromatic carbocycles. The van der Waals surface area contributed by atoms with E-state index < -0.39 is 5.60 Å². The van der Waals surface area contributed by atoms with Crippen molar-refractivity contribution >= 4 is 22.9 Å². The molecule has 3 heterocycles. The van der Waals surface area contributed by atoms with E-state index in [-0.39, 0.29) is 12.1 Å². The van der Waals surface area contributed by atoms with Crippen LogP contribution < -0.4 is 10.6 Å². The molecule has 1 fully saturated rings. The van der Waals surface area contributed by atoms with Crippen LogP contribution in [0, 0.1) is 0 Å². The molecule has 8 heteroatoms. The van der Waals surface area contributed by atoms with Gasteiger partial charge in [0.25, 0.3) is 0 Å². The van der Waals surface area contributed by atoms with E-state index in [4.69, 9.17) is 0 Å². The fraction of sp³-hybridized carbons (Fsp3) is 0.722. The summed E-state index contributed by atoms with van der Waals surface area (Å²) < 4.78 is 2.04. The zero-order valence-corrected chi connectivity index (χ0v) is 16.6. The van der Waals surface area contributed by atoms with Crippen molar-refractivity contribution < 1.29 is 5.11 Å². The highest BCUT2D eigenvalue weighted by molar-refractivity contribution is 5.84. The molecule has 1 saturated heterocycles. The molecule has 0 saturated carbocycles. The van der Waals surface area contributed by atoms with Crippen molar-refractivity contribution in [1.29, 1.82) is 0 Å². The van der Waals surface area contributed by atoms with Crippen molar-refractivity contribution in [3.05, 3.63) is 6.33 Å². The number of hydrogen-bond acceptors (Lipinski definition) is 7. The highest BCUT2D eigenvalue weighted by Gasteiger charge is 2.25. The topological polar surface area (TPSA) is 91.1 Å². The van der Waals surface area contributed by atoms with Crippen molar-refractivity contribution in [2.45, 2.75) is 64.8 Å². The minimum absolute atomic E-state index is 0.194.